The Hall–Kier alpha value is -2.40. The molecule has 0 radical (unpaired) electrons. The maximum absolute atomic E-state index is 11.7. The molecule has 0 saturated heterocycles. The Bertz CT molecular complexity index is 841. The van der Waals surface area contributed by atoms with Gasteiger partial charge in [-0.3, -0.25) is 4.79 Å². The number of carbonyl (C=O) groups is 1. The maximum atomic E-state index is 11.7. The number of hydrogen-bond donors (Lipinski definition) is 1. The van der Waals surface area contributed by atoms with Crippen molar-refractivity contribution in [1.29, 1.82) is 0 Å². The minimum atomic E-state index is -0.0714. The highest BCUT2D eigenvalue weighted by atomic mass is 35.5. The molecule has 22 heavy (non-hydrogen) atoms. The van der Waals surface area contributed by atoms with E-state index >= 15 is 0 Å². The summed E-state index contributed by atoms with van der Waals surface area (Å²) < 4.78 is 0. The van der Waals surface area contributed by atoms with Crippen LogP contribution in [0.15, 0.2) is 42.5 Å². The fraction of sp³-hybridized carbons (Fsp3) is 0.188. The summed E-state index contributed by atoms with van der Waals surface area (Å²) in [6, 6.07) is 12.8. The van der Waals surface area contributed by atoms with Crippen LogP contribution in [-0.2, 0) is 4.79 Å². The Balaban J connectivity index is 1.95. The van der Waals surface area contributed by atoms with E-state index in [1.807, 2.05) is 44.2 Å². The quantitative estimate of drug-likeness (QED) is 0.802. The third kappa shape index (κ3) is 2.94. The molecular formula is C16H15ClN4O. The van der Waals surface area contributed by atoms with Crippen LogP contribution < -0.4 is 5.32 Å². The molecule has 1 amide bonds. The Labute approximate surface area is 132 Å². The predicted molar refractivity (Wildman–Crippen MR) is 87.3 cm³/mol. The lowest BCUT2D eigenvalue weighted by Crippen LogP contribution is -2.17. The lowest BCUT2D eigenvalue weighted by atomic mass is 10.2. The topological polar surface area (TPSA) is 59.8 Å². The molecule has 0 bridgehead atoms. The molecule has 0 atom stereocenters. The molecule has 0 aliphatic rings. The number of amides is 1. The lowest BCUT2D eigenvalue weighted by molar-refractivity contribution is -0.118. The van der Waals surface area contributed by atoms with E-state index in [1.54, 1.807) is 12.1 Å². The fourth-order valence-electron chi connectivity index (χ4n) is 1.99. The summed E-state index contributed by atoms with van der Waals surface area (Å²) in [5, 5.41) is 12.3. The van der Waals surface area contributed by atoms with E-state index in [4.69, 9.17) is 11.6 Å². The first-order valence-electron chi connectivity index (χ1n) is 6.97. The van der Waals surface area contributed by atoms with Gasteiger partial charge in [0.2, 0.25) is 5.91 Å². The number of nitrogens with zero attached hydrogens (tertiary/aromatic N) is 3. The average Bonchev–Trinajstić information content (AvgIpc) is 2.90. The van der Waals surface area contributed by atoms with Crippen LogP contribution in [0.1, 0.15) is 13.8 Å². The SMILES string of the molecule is CC(C)C(=O)Nc1ccc2nn(-c3cccc(Cl)c3)nc2c1. The van der Waals surface area contributed by atoms with Crippen LogP contribution in [0.4, 0.5) is 5.69 Å². The van der Waals surface area contributed by atoms with Gasteiger partial charge in [-0.1, -0.05) is 31.5 Å². The maximum Gasteiger partial charge on any atom is 0.226 e. The number of hydrogen-bond acceptors (Lipinski definition) is 3. The second kappa shape index (κ2) is 5.77. The van der Waals surface area contributed by atoms with E-state index < -0.39 is 0 Å². The Morgan fingerprint density at radius 2 is 1.91 bits per heavy atom. The fourth-order valence-corrected chi connectivity index (χ4v) is 2.18. The van der Waals surface area contributed by atoms with Gasteiger partial charge in [-0.2, -0.15) is 4.80 Å². The first kappa shape index (κ1) is 14.5. The third-order valence-electron chi connectivity index (χ3n) is 3.21. The van der Waals surface area contributed by atoms with Crippen molar-refractivity contribution < 1.29 is 4.79 Å². The molecule has 0 aliphatic carbocycles. The van der Waals surface area contributed by atoms with Gasteiger partial charge in [0.15, 0.2) is 0 Å². The molecule has 112 valence electrons. The monoisotopic (exact) mass is 314 g/mol. The van der Waals surface area contributed by atoms with Crippen LogP contribution in [0, 0.1) is 5.92 Å². The molecule has 2 aromatic carbocycles. The van der Waals surface area contributed by atoms with Crippen LogP contribution in [-0.4, -0.2) is 20.9 Å². The summed E-state index contributed by atoms with van der Waals surface area (Å²) >= 11 is 5.99. The normalized spacial score (nSPS) is 11.1. The van der Waals surface area contributed by atoms with Gasteiger partial charge in [0, 0.05) is 16.6 Å². The van der Waals surface area contributed by atoms with Crippen LogP contribution in [0.25, 0.3) is 16.7 Å². The van der Waals surface area contributed by atoms with Gasteiger partial charge in [0.25, 0.3) is 0 Å². The molecule has 0 saturated carbocycles. The first-order chi connectivity index (χ1) is 10.5. The molecule has 0 aliphatic heterocycles. The van der Waals surface area contributed by atoms with Crippen molar-refractivity contribution in [2.75, 3.05) is 5.32 Å². The molecule has 6 heteroatoms. The molecule has 1 heterocycles. The van der Waals surface area contributed by atoms with Crippen molar-refractivity contribution in [3.05, 3.63) is 47.5 Å². The van der Waals surface area contributed by atoms with Gasteiger partial charge in [-0.05, 0) is 36.4 Å². The molecule has 0 spiro atoms. The second-order valence-electron chi connectivity index (χ2n) is 5.32. The number of halogens is 1. The molecule has 0 fully saturated rings. The van der Waals surface area contributed by atoms with Gasteiger partial charge in [0.1, 0.15) is 11.0 Å². The number of fused-ring (bicyclic) bond motifs is 1. The van der Waals surface area contributed by atoms with E-state index in [2.05, 4.69) is 15.5 Å². The zero-order chi connectivity index (χ0) is 15.7. The summed E-state index contributed by atoms with van der Waals surface area (Å²) in [5.41, 5.74) is 2.96. The highest BCUT2D eigenvalue weighted by Crippen LogP contribution is 2.19. The highest BCUT2D eigenvalue weighted by molar-refractivity contribution is 6.30. The lowest BCUT2D eigenvalue weighted by Gasteiger charge is -2.06. The van der Waals surface area contributed by atoms with Crippen molar-refractivity contribution in [3.63, 3.8) is 0 Å². The van der Waals surface area contributed by atoms with Crippen molar-refractivity contribution >= 4 is 34.2 Å². The Kier molecular flexibility index (Phi) is 3.81. The standard InChI is InChI=1S/C16H15ClN4O/c1-10(2)16(22)18-12-6-7-14-15(9-12)20-21(19-14)13-5-3-4-11(17)8-13/h3-10H,1-2H3,(H,18,22). The van der Waals surface area contributed by atoms with Gasteiger partial charge in [-0.15, -0.1) is 10.2 Å². The van der Waals surface area contributed by atoms with Crippen LogP contribution in [0.3, 0.4) is 0 Å². The van der Waals surface area contributed by atoms with Crippen molar-refractivity contribution in [2.45, 2.75) is 13.8 Å². The van der Waals surface area contributed by atoms with Gasteiger partial charge >= 0.3 is 0 Å². The number of rotatable bonds is 3. The van der Waals surface area contributed by atoms with E-state index in [-0.39, 0.29) is 11.8 Å². The summed E-state index contributed by atoms with van der Waals surface area (Å²) in [5.74, 6) is -0.0978. The minimum Gasteiger partial charge on any atom is -0.326 e. The Morgan fingerprint density at radius 3 is 2.64 bits per heavy atom. The molecule has 1 aromatic heterocycles. The minimum absolute atomic E-state index is 0.0263. The van der Waals surface area contributed by atoms with Crippen molar-refractivity contribution in [2.24, 2.45) is 5.92 Å². The zero-order valence-corrected chi connectivity index (χ0v) is 13.0. The molecule has 5 nitrogen and oxygen atoms in total. The van der Waals surface area contributed by atoms with Crippen LogP contribution >= 0.6 is 11.6 Å². The number of aromatic nitrogens is 3. The molecule has 3 rings (SSSR count). The highest BCUT2D eigenvalue weighted by Gasteiger charge is 2.10. The number of anilines is 1. The predicted octanol–water partition coefficient (Wildman–Crippen LogP) is 3.67. The molecule has 3 aromatic rings. The van der Waals surface area contributed by atoms with E-state index in [9.17, 15) is 4.79 Å². The summed E-state index contributed by atoms with van der Waals surface area (Å²) in [7, 11) is 0. The van der Waals surface area contributed by atoms with E-state index in [0.29, 0.717) is 16.2 Å². The number of carbonyl (C=O) groups excluding carboxylic acids is 1. The zero-order valence-electron chi connectivity index (χ0n) is 12.2. The molecular weight excluding hydrogens is 300 g/mol. The Morgan fingerprint density at radius 1 is 1.14 bits per heavy atom. The average molecular weight is 315 g/mol. The summed E-state index contributed by atoms with van der Waals surface area (Å²) in [6.07, 6.45) is 0. The van der Waals surface area contributed by atoms with Gasteiger partial charge in [-0.25, -0.2) is 0 Å². The molecule has 0 unspecified atom stereocenters. The molecule has 1 N–H and O–H groups in total. The number of benzene rings is 2. The van der Waals surface area contributed by atoms with Crippen molar-refractivity contribution in [1.82, 2.24) is 15.0 Å². The van der Waals surface area contributed by atoms with E-state index in [1.165, 1.54) is 4.80 Å². The summed E-state index contributed by atoms with van der Waals surface area (Å²) in [6.45, 7) is 3.70. The van der Waals surface area contributed by atoms with Gasteiger partial charge < -0.3 is 5.32 Å². The van der Waals surface area contributed by atoms with E-state index in [0.717, 1.165) is 11.2 Å². The van der Waals surface area contributed by atoms with Crippen molar-refractivity contribution in [3.8, 4) is 5.69 Å². The number of nitrogens with one attached hydrogen (secondary N) is 1. The first-order valence-corrected chi connectivity index (χ1v) is 7.34. The van der Waals surface area contributed by atoms with Crippen LogP contribution in [0.5, 0.6) is 0 Å². The second-order valence-corrected chi connectivity index (χ2v) is 5.75. The smallest absolute Gasteiger partial charge is 0.226 e. The van der Waals surface area contributed by atoms with Gasteiger partial charge in [0.05, 0.1) is 5.69 Å². The summed E-state index contributed by atoms with van der Waals surface area (Å²) in [4.78, 5) is 13.3. The van der Waals surface area contributed by atoms with Crippen LogP contribution in [0.2, 0.25) is 5.02 Å². The largest absolute Gasteiger partial charge is 0.326 e. The third-order valence-corrected chi connectivity index (χ3v) is 3.45.